The molecule has 0 amide bonds. The fraction of sp³-hybridized carbons (Fsp3) is 0.0833. The normalized spacial score (nSPS) is 10.9. The maximum atomic E-state index is 11.9. The molecule has 84 valence electrons. The van der Waals surface area contributed by atoms with Crippen molar-refractivity contribution in [1.29, 1.82) is 0 Å². The van der Waals surface area contributed by atoms with Gasteiger partial charge in [-0.15, -0.1) is 0 Å². The zero-order valence-corrected chi connectivity index (χ0v) is 9.24. The molecule has 0 aliphatic carbocycles. The molecule has 0 unspecified atom stereocenters. The Labute approximate surface area is 97.0 Å². The van der Waals surface area contributed by atoms with Crippen molar-refractivity contribution >= 4 is 5.65 Å². The third-order valence-corrected chi connectivity index (χ3v) is 2.63. The van der Waals surface area contributed by atoms with Gasteiger partial charge in [-0.25, -0.2) is 4.98 Å². The molecule has 0 saturated heterocycles. The molecule has 3 rings (SSSR count). The Morgan fingerprint density at radius 1 is 1.29 bits per heavy atom. The first-order valence-electron chi connectivity index (χ1n) is 5.21. The first kappa shape index (κ1) is 9.77. The number of rotatable bonds is 1. The van der Waals surface area contributed by atoms with E-state index in [1.165, 1.54) is 10.6 Å². The van der Waals surface area contributed by atoms with Crippen LogP contribution < -0.4 is 5.56 Å². The van der Waals surface area contributed by atoms with Gasteiger partial charge >= 0.3 is 0 Å². The number of hydrogen-bond acceptors (Lipinski definition) is 3. The minimum absolute atomic E-state index is 0.0960. The quantitative estimate of drug-likeness (QED) is 0.624. The lowest BCUT2D eigenvalue weighted by atomic mass is 10.2. The van der Waals surface area contributed by atoms with Crippen LogP contribution in [0.3, 0.4) is 0 Å². The number of aromatic nitrogens is 4. The van der Waals surface area contributed by atoms with E-state index < -0.39 is 0 Å². The van der Waals surface area contributed by atoms with Crippen molar-refractivity contribution in [3.8, 4) is 11.3 Å². The first-order valence-corrected chi connectivity index (χ1v) is 5.21. The van der Waals surface area contributed by atoms with Crippen molar-refractivity contribution < 1.29 is 0 Å². The van der Waals surface area contributed by atoms with Crippen molar-refractivity contribution in [3.05, 3.63) is 53.2 Å². The summed E-state index contributed by atoms with van der Waals surface area (Å²) in [6.45, 7) is 0. The predicted molar refractivity (Wildman–Crippen MR) is 63.7 cm³/mol. The zero-order valence-electron chi connectivity index (χ0n) is 9.24. The van der Waals surface area contributed by atoms with Gasteiger partial charge in [0.15, 0.2) is 5.65 Å². The molecular weight excluding hydrogens is 216 g/mol. The van der Waals surface area contributed by atoms with Crippen molar-refractivity contribution in [2.24, 2.45) is 7.05 Å². The second-order valence-corrected chi connectivity index (χ2v) is 3.78. The van der Waals surface area contributed by atoms with Gasteiger partial charge in [0.1, 0.15) is 0 Å². The molecule has 3 aromatic heterocycles. The molecule has 0 fully saturated rings. The van der Waals surface area contributed by atoms with Gasteiger partial charge in [-0.2, -0.15) is 4.52 Å². The van der Waals surface area contributed by atoms with Crippen LogP contribution in [0, 0.1) is 0 Å². The summed E-state index contributed by atoms with van der Waals surface area (Å²) in [5.41, 5.74) is 2.03. The van der Waals surface area contributed by atoms with Gasteiger partial charge in [0.25, 0.3) is 5.56 Å². The second-order valence-electron chi connectivity index (χ2n) is 3.78. The Morgan fingerprint density at radius 2 is 2.18 bits per heavy atom. The van der Waals surface area contributed by atoms with E-state index in [1.54, 1.807) is 36.4 Å². The van der Waals surface area contributed by atoms with Crippen LogP contribution in [0.15, 0.2) is 47.7 Å². The van der Waals surface area contributed by atoms with Crippen molar-refractivity contribution in [2.45, 2.75) is 0 Å². The van der Waals surface area contributed by atoms with E-state index in [9.17, 15) is 4.79 Å². The van der Waals surface area contributed by atoms with Crippen LogP contribution in [0.1, 0.15) is 0 Å². The van der Waals surface area contributed by atoms with Crippen LogP contribution in [-0.4, -0.2) is 19.2 Å². The van der Waals surface area contributed by atoms with Crippen LogP contribution in [0.25, 0.3) is 16.9 Å². The highest BCUT2D eigenvalue weighted by molar-refractivity contribution is 5.59. The molecule has 0 aliphatic heterocycles. The van der Waals surface area contributed by atoms with Crippen LogP contribution in [0.2, 0.25) is 0 Å². The lowest BCUT2D eigenvalue weighted by Crippen LogP contribution is -2.18. The summed E-state index contributed by atoms with van der Waals surface area (Å²) in [7, 11) is 1.81. The number of nitrogens with zero attached hydrogens (tertiary/aromatic N) is 4. The summed E-state index contributed by atoms with van der Waals surface area (Å²) in [6, 6.07) is 7.03. The molecule has 0 N–H and O–H groups in total. The summed E-state index contributed by atoms with van der Waals surface area (Å²) in [4.78, 5) is 20.4. The van der Waals surface area contributed by atoms with E-state index in [1.807, 2.05) is 12.1 Å². The summed E-state index contributed by atoms with van der Waals surface area (Å²) < 4.78 is 3.22. The summed E-state index contributed by atoms with van der Waals surface area (Å²) in [5.74, 6) is 0. The summed E-state index contributed by atoms with van der Waals surface area (Å²) >= 11 is 0. The van der Waals surface area contributed by atoms with E-state index in [2.05, 4.69) is 9.97 Å². The van der Waals surface area contributed by atoms with Crippen molar-refractivity contribution in [2.75, 3.05) is 0 Å². The largest absolute Gasteiger partial charge is 0.287 e. The highest BCUT2D eigenvalue weighted by Crippen LogP contribution is 2.14. The highest BCUT2D eigenvalue weighted by atomic mass is 16.1. The zero-order chi connectivity index (χ0) is 11.8. The standard InChI is InChI=1S/C12H10N4O/c1-15-6-4-11-14-10(7-12(17)16(11)15)9-3-2-5-13-8-9/h2-8H,1H3. The maximum Gasteiger partial charge on any atom is 0.273 e. The average Bonchev–Trinajstić information content (AvgIpc) is 2.73. The van der Waals surface area contributed by atoms with Gasteiger partial charge in [-0.1, -0.05) is 0 Å². The van der Waals surface area contributed by atoms with Crippen molar-refractivity contribution in [3.63, 3.8) is 0 Å². The fourth-order valence-electron chi connectivity index (χ4n) is 1.82. The lowest BCUT2D eigenvalue weighted by molar-refractivity contribution is 0.681. The number of pyridine rings is 1. The van der Waals surface area contributed by atoms with Crippen LogP contribution >= 0.6 is 0 Å². The highest BCUT2D eigenvalue weighted by Gasteiger charge is 2.06. The molecule has 5 nitrogen and oxygen atoms in total. The smallest absolute Gasteiger partial charge is 0.273 e. The molecule has 5 heteroatoms. The molecule has 3 aromatic rings. The monoisotopic (exact) mass is 226 g/mol. The molecule has 0 radical (unpaired) electrons. The summed E-state index contributed by atoms with van der Waals surface area (Å²) in [6.07, 6.45) is 5.19. The van der Waals surface area contributed by atoms with Gasteiger partial charge in [0.05, 0.1) is 5.69 Å². The molecule has 17 heavy (non-hydrogen) atoms. The van der Waals surface area contributed by atoms with E-state index in [4.69, 9.17) is 0 Å². The fourth-order valence-corrected chi connectivity index (χ4v) is 1.82. The maximum absolute atomic E-state index is 11.9. The second kappa shape index (κ2) is 3.55. The van der Waals surface area contributed by atoms with Crippen molar-refractivity contribution in [1.82, 2.24) is 19.2 Å². The third-order valence-electron chi connectivity index (χ3n) is 2.63. The predicted octanol–water partition coefficient (Wildman–Crippen LogP) is 1.09. The average molecular weight is 226 g/mol. The minimum Gasteiger partial charge on any atom is -0.287 e. The Balaban J connectivity index is 2.30. The molecule has 3 heterocycles. The number of aryl methyl sites for hydroxylation is 1. The van der Waals surface area contributed by atoms with E-state index in [-0.39, 0.29) is 5.56 Å². The topological polar surface area (TPSA) is 52.2 Å². The molecule has 0 saturated carbocycles. The van der Waals surface area contributed by atoms with Gasteiger partial charge < -0.3 is 0 Å². The third kappa shape index (κ3) is 1.52. The van der Waals surface area contributed by atoms with E-state index in [0.717, 1.165) is 5.56 Å². The molecule has 0 aromatic carbocycles. The van der Waals surface area contributed by atoms with Gasteiger partial charge in [-0.3, -0.25) is 14.5 Å². The van der Waals surface area contributed by atoms with Crippen LogP contribution in [-0.2, 0) is 7.05 Å². The summed E-state index contributed by atoms with van der Waals surface area (Å²) in [5, 5.41) is 0. The van der Waals surface area contributed by atoms with Crippen LogP contribution in [0.4, 0.5) is 0 Å². The van der Waals surface area contributed by atoms with E-state index >= 15 is 0 Å². The molecule has 0 bridgehead atoms. The Bertz CT molecular complexity index is 727. The van der Waals surface area contributed by atoms with Gasteiger partial charge in [-0.05, 0) is 12.1 Å². The first-order chi connectivity index (χ1) is 8.25. The molecule has 0 atom stereocenters. The number of fused-ring (bicyclic) bond motifs is 1. The minimum atomic E-state index is -0.0960. The molecular formula is C12H10N4O. The van der Waals surface area contributed by atoms with Gasteiger partial charge in [0, 0.05) is 43.3 Å². The number of hydrogen-bond donors (Lipinski definition) is 0. The van der Waals surface area contributed by atoms with Crippen LogP contribution in [0.5, 0.6) is 0 Å². The Kier molecular flexibility index (Phi) is 2.04. The van der Waals surface area contributed by atoms with Gasteiger partial charge in [0.2, 0.25) is 0 Å². The SMILES string of the molecule is Cn1ccc2nc(-c3cccnc3)cc(=O)n21. The Morgan fingerprint density at radius 3 is 2.94 bits per heavy atom. The molecule has 0 aliphatic rings. The Hall–Kier alpha value is -2.43. The molecule has 0 spiro atoms. The lowest BCUT2D eigenvalue weighted by Gasteiger charge is -2.02. The van der Waals surface area contributed by atoms with E-state index in [0.29, 0.717) is 11.3 Å².